The van der Waals surface area contributed by atoms with E-state index in [1.807, 2.05) is 17.2 Å². The lowest BCUT2D eigenvalue weighted by molar-refractivity contribution is -0.216. The minimum Gasteiger partial charge on any atom is -0.490 e. The number of alkyl halides is 2. The summed E-state index contributed by atoms with van der Waals surface area (Å²) in [5, 5.41) is 8.00. The average Bonchev–Trinajstić information content (AvgIpc) is 3.11. The lowest BCUT2D eigenvalue weighted by Gasteiger charge is -2.58. The number of carbonyl (C=O) groups is 1. The number of carbonyl (C=O) groups excluding carboxylic acids is 1. The molecule has 3 aromatic rings. The molecular formula is C38H47F3N8O5. The molecule has 0 unspecified atom stereocenters. The molecule has 5 aliphatic rings. The van der Waals surface area contributed by atoms with E-state index >= 15 is 0 Å². The third-order valence-corrected chi connectivity index (χ3v) is 11.3. The summed E-state index contributed by atoms with van der Waals surface area (Å²) < 4.78 is 65.2. The Hall–Kier alpha value is -4.12. The molecule has 8 rings (SSSR count). The third-order valence-electron chi connectivity index (χ3n) is 11.3. The number of pyridine rings is 1. The SMILES string of the molecule is CC(C)N(CC(F)F)C(=O)c1cc(F)ccc1Oc1nncnc1N1CC2(CC(Oc3ccnc4c3CN(CCCN3CC5(COCCO5)C3)CC4)C2)C1. The van der Waals surface area contributed by atoms with Crippen LogP contribution in [0.5, 0.6) is 17.4 Å². The Morgan fingerprint density at radius 1 is 1.06 bits per heavy atom. The number of nitrogens with zero attached hydrogens (tertiary/aromatic N) is 8. The monoisotopic (exact) mass is 752 g/mol. The van der Waals surface area contributed by atoms with Gasteiger partial charge in [-0.15, -0.1) is 10.2 Å². The fourth-order valence-corrected chi connectivity index (χ4v) is 8.59. The number of halogens is 3. The predicted octanol–water partition coefficient (Wildman–Crippen LogP) is 4.21. The Labute approximate surface area is 312 Å². The number of anilines is 1. The second kappa shape index (κ2) is 15.2. The molecule has 3 saturated heterocycles. The fraction of sp³-hybridized carbons (Fsp3) is 0.605. The predicted molar refractivity (Wildman–Crippen MR) is 191 cm³/mol. The topological polar surface area (TPSA) is 119 Å². The molecule has 2 aromatic heterocycles. The van der Waals surface area contributed by atoms with Crippen molar-refractivity contribution in [3.63, 3.8) is 0 Å². The number of rotatable bonds is 13. The van der Waals surface area contributed by atoms with Crippen LogP contribution < -0.4 is 14.4 Å². The van der Waals surface area contributed by atoms with Gasteiger partial charge >= 0.3 is 0 Å². The molecule has 2 spiro atoms. The summed E-state index contributed by atoms with van der Waals surface area (Å²) in [4.78, 5) is 30.4. The van der Waals surface area contributed by atoms with E-state index < -0.39 is 30.7 Å². The van der Waals surface area contributed by atoms with Crippen LogP contribution in [0.2, 0.25) is 0 Å². The van der Waals surface area contributed by atoms with Crippen molar-refractivity contribution in [3.8, 4) is 17.4 Å². The highest BCUT2D eigenvalue weighted by Gasteiger charge is 2.54. The Bertz CT molecular complexity index is 1810. The normalized spacial score (nSPS) is 20.8. The van der Waals surface area contributed by atoms with Crippen LogP contribution in [0.15, 0.2) is 36.8 Å². The van der Waals surface area contributed by atoms with Crippen LogP contribution in [-0.4, -0.2) is 137 Å². The van der Waals surface area contributed by atoms with Crippen molar-refractivity contribution in [2.45, 2.75) is 70.2 Å². The highest BCUT2D eigenvalue weighted by Crippen LogP contribution is 2.52. The van der Waals surface area contributed by atoms with Crippen LogP contribution in [-0.2, 0) is 22.4 Å². The van der Waals surface area contributed by atoms with Crippen molar-refractivity contribution in [1.29, 1.82) is 0 Å². The van der Waals surface area contributed by atoms with Crippen molar-refractivity contribution in [2.75, 3.05) is 77.1 Å². The summed E-state index contributed by atoms with van der Waals surface area (Å²) in [5.74, 6) is -0.0943. The number of hydrogen-bond acceptors (Lipinski definition) is 12. The highest BCUT2D eigenvalue weighted by molar-refractivity contribution is 5.97. The van der Waals surface area contributed by atoms with Crippen LogP contribution in [0, 0.1) is 11.2 Å². The first-order valence-electron chi connectivity index (χ1n) is 18.9. The molecule has 13 nitrogen and oxygen atoms in total. The lowest BCUT2D eigenvalue weighted by Crippen LogP contribution is -2.67. The zero-order valence-electron chi connectivity index (χ0n) is 30.8. The van der Waals surface area contributed by atoms with Gasteiger partial charge in [0.25, 0.3) is 18.2 Å². The van der Waals surface area contributed by atoms with Gasteiger partial charge in [0, 0.05) is 74.6 Å². The fourth-order valence-electron chi connectivity index (χ4n) is 8.59. The van der Waals surface area contributed by atoms with Crippen LogP contribution >= 0.6 is 0 Å². The minimum atomic E-state index is -2.75. The van der Waals surface area contributed by atoms with Crippen LogP contribution in [0.1, 0.15) is 54.7 Å². The molecule has 4 aliphatic heterocycles. The smallest absolute Gasteiger partial charge is 0.282 e. The van der Waals surface area contributed by atoms with Gasteiger partial charge < -0.3 is 28.7 Å². The maximum absolute atomic E-state index is 14.3. The van der Waals surface area contributed by atoms with E-state index in [4.69, 9.17) is 18.9 Å². The minimum absolute atomic E-state index is 0.0224. The van der Waals surface area contributed by atoms with Crippen molar-refractivity contribution in [3.05, 3.63) is 59.4 Å². The van der Waals surface area contributed by atoms with Crippen molar-refractivity contribution in [1.82, 2.24) is 34.9 Å². The zero-order valence-corrected chi connectivity index (χ0v) is 30.8. The largest absolute Gasteiger partial charge is 0.490 e. The van der Waals surface area contributed by atoms with Crippen molar-refractivity contribution >= 4 is 11.7 Å². The van der Waals surface area contributed by atoms with Gasteiger partial charge in [0.15, 0.2) is 5.82 Å². The van der Waals surface area contributed by atoms with Gasteiger partial charge in [-0.3, -0.25) is 19.6 Å². The van der Waals surface area contributed by atoms with E-state index in [2.05, 4.69) is 30.0 Å². The number of hydrogen-bond donors (Lipinski definition) is 0. The molecule has 290 valence electrons. The molecule has 0 N–H and O–H groups in total. The van der Waals surface area contributed by atoms with Gasteiger partial charge in [-0.2, -0.15) is 0 Å². The standard InChI is InChI=1S/C38H47F3N8O5/c1-25(2)49(18-33(40)41)36(50)28-14-26(39)4-5-31(28)54-35-34(43-24-44-45-35)48-19-37(20-48)15-27(16-37)53-32-6-8-42-30-7-11-46(17-29(30)32)9-3-10-47-21-38(22-47)23-51-12-13-52-38/h4-6,8,14,24-25,27,33H,3,7,9-13,15-23H2,1-2H3. The summed E-state index contributed by atoms with van der Waals surface area (Å²) in [6.45, 7) is 11.7. The van der Waals surface area contributed by atoms with Gasteiger partial charge in [0.1, 0.15) is 35.3 Å². The molecule has 16 heteroatoms. The molecule has 0 bridgehead atoms. The number of amides is 1. The average molecular weight is 753 g/mol. The van der Waals surface area contributed by atoms with E-state index in [1.165, 1.54) is 18.0 Å². The van der Waals surface area contributed by atoms with Gasteiger partial charge in [-0.25, -0.2) is 18.2 Å². The van der Waals surface area contributed by atoms with E-state index in [0.717, 1.165) is 93.4 Å². The Kier molecular flexibility index (Phi) is 10.4. The van der Waals surface area contributed by atoms with E-state index in [1.54, 1.807) is 13.8 Å². The molecule has 1 aliphatic carbocycles. The van der Waals surface area contributed by atoms with Gasteiger partial charge in [0.05, 0.1) is 31.9 Å². The maximum Gasteiger partial charge on any atom is 0.282 e. The zero-order chi connectivity index (χ0) is 37.5. The third kappa shape index (κ3) is 7.70. The first kappa shape index (κ1) is 36.8. The van der Waals surface area contributed by atoms with Gasteiger partial charge in [-0.1, -0.05) is 0 Å². The second-order valence-corrected chi connectivity index (χ2v) is 15.7. The molecule has 0 atom stereocenters. The number of fused-ring (bicyclic) bond motifs is 1. The quantitative estimate of drug-likeness (QED) is 0.249. The number of benzene rings is 1. The summed E-state index contributed by atoms with van der Waals surface area (Å²) in [5.41, 5.74) is 2.09. The molecule has 1 saturated carbocycles. The number of likely N-dealkylation sites (tertiary alicyclic amines) is 1. The van der Waals surface area contributed by atoms with Crippen LogP contribution in [0.4, 0.5) is 19.0 Å². The molecule has 54 heavy (non-hydrogen) atoms. The summed E-state index contributed by atoms with van der Waals surface area (Å²) in [7, 11) is 0. The van der Waals surface area contributed by atoms with E-state index in [9.17, 15) is 18.0 Å². The Morgan fingerprint density at radius 3 is 2.63 bits per heavy atom. The summed E-state index contributed by atoms with van der Waals surface area (Å²) >= 11 is 0. The van der Waals surface area contributed by atoms with E-state index in [0.29, 0.717) is 38.7 Å². The molecule has 0 radical (unpaired) electrons. The molecule has 1 aromatic carbocycles. The first-order valence-corrected chi connectivity index (χ1v) is 18.9. The summed E-state index contributed by atoms with van der Waals surface area (Å²) in [6.07, 6.45) is 4.28. The lowest BCUT2D eigenvalue weighted by atomic mass is 9.61. The van der Waals surface area contributed by atoms with Crippen LogP contribution in [0.25, 0.3) is 0 Å². The Morgan fingerprint density at radius 2 is 1.87 bits per heavy atom. The second-order valence-electron chi connectivity index (χ2n) is 15.7. The molecular weight excluding hydrogens is 705 g/mol. The maximum atomic E-state index is 14.3. The van der Waals surface area contributed by atoms with Gasteiger partial charge in [-0.05, 0) is 70.5 Å². The Balaban J connectivity index is 0.846. The van der Waals surface area contributed by atoms with Crippen molar-refractivity contribution < 1.29 is 36.9 Å². The van der Waals surface area contributed by atoms with E-state index in [-0.39, 0.29) is 34.3 Å². The first-order chi connectivity index (χ1) is 26.1. The highest BCUT2D eigenvalue weighted by atomic mass is 19.3. The summed E-state index contributed by atoms with van der Waals surface area (Å²) in [6, 6.07) is 4.85. The number of ether oxygens (including phenoxy) is 4. The molecule has 4 fully saturated rings. The van der Waals surface area contributed by atoms with Crippen LogP contribution in [0.3, 0.4) is 0 Å². The molecule has 1 amide bonds. The van der Waals surface area contributed by atoms with Crippen molar-refractivity contribution in [2.24, 2.45) is 5.41 Å². The number of aromatic nitrogens is 4. The molecule has 6 heterocycles. The van der Waals surface area contributed by atoms with Gasteiger partial charge in [0.2, 0.25) is 0 Å².